The second kappa shape index (κ2) is 10.5. The number of nitrogens with one attached hydrogen (secondary N) is 1. The van der Waals surface area contributed by atoms with Crippen molar-refractivity contribution in [2.45, 2.75) is 58.5 Å². The van der Waals surface area contributed by atoms with Crippen LogP contribution in [0.1, 0.15) is 51.5 Å². The number of amides is 2. The third-order valence-corrected chi connectivity index (χ3v) is 5.61. The van der Waals surface area contributed by atoms with Crippen LogP contribution in [-0.2, 0) is 20.9 Å². The molecular weight excluding hydrogens is 354 g/mol. The fourth-order valence-corrected chi connectivity index (χ4v) is 3.76. The highest BCUT2D eigenvalue weighted by molar-refractivity contribution is 5.93. The first kappa shape index (κ1) is 22.2. The van der Waals surface area contributed by atoms with Gasteiger partial charge in [0.2, 0.25) is 11.8 Å². The summed E-state index contributed by atoms with van der Waals surface area (Å²) in [7, 11) is 5.51. The molecule has 0 aliphatic heterocycles. The molecule has 0 radical (unpaired) electrons. The molecule has 6 heteroatoms. The van der Waals surface area contributed by atoms with Gasteiger partial charge in [-0.15, -0.1) is 0 Å². The summed E-state index contributed by atoms with van der Waals surface area (Å²) in [4.78, 5) is 29.0. The summed E-state index contributed by atoms with van der Waals surface area (Å²) in [5.74, 6) is 0.203. The van der Waals surface area contributed by atoms with Crippen LogP contribution >= 0.6 is 0 Å². The number of benzene rings is 1. The van der Waals surface area contributed by atoms with Crippen LogP contribution in [0.15, 0.2) is 18.2 Å². The first-order chi connectivity index (χ1) is 13.4. The number of ether oxygens (including phenoxy) is 1. The zero-order valence-corrected chi connectivity index (χ0v) is 18.0. The van der Waals surface area contributed by atoms with Gasteiger partial charge in [-0.2, -0.15) is 0 Å². The van der Waals surface area contributed by atoms with Crippen molar-refractivity contribution in [3.63, 3.8) is 0 Å². The number of anilines is 2. The van der Waals surface area contributed by atoms with Crippen LogP contribution < -0.4 is 10.2 Å². The largest absolute Gasteiger partial charge is 0.377 e. The Kier molecular flexibility index (Phi) is 8.30. The summed E-state index contributed by atoms with van der Waals surface area (Å²) in [5.41, 5.74) is 2.84. The summed E-state index contributed by atoms with van der Waals surface area (Å²) in [6.07, 6.45) is 5.08. The van der Waals surface area contributed by atoms with Gasteiger partial charge in [0, 0.05) is 51.1 Å². The van der Waals surface area contributed by atoms with Crippen molar-refractivity contribution in [2.24, 2.45) is 5.92 Å². The van der Waals surface area contributed by atoms with Crippen LogP contribution in [0.4, 0.5) is 11.4 Å². The Bertz CT molecular complexity index is 669. The van der Waals surface area contributed by atoms with Crippen LogP contribution in [0.25, 0.3) is 0 Å². The second-order valence-electron chi connectivity index (χ2n) is 7.92. The van der Waals surface area contributed by atoms with Crippen LogP contribution in [0.3, 0.4) is 0 Å². The van der Waals surface area contributed by atoms with E-state index in [9.17, 15) is 9.59 Å². The zero-order chi connectivity index (χ0) is 20.7. The number of hydrogen-bond acceptors (Lipinski definition) is 4. The molecule has 1 fully saturated rings. The van der Waals surface area contributed by atoms with Gasteiger partial charge in [-0.1, -0.05) is 19.8 Å². The lowest BCUT2D eigenvalue weighted by Gasteiger charge is -2.30. The molecule has 0 saturated heterocycles. The Labute approximate surface area is 169 Å². The Balaban J connectivity index is 2.25. The lowest BCUT2D eigenvalue weighted by molar-refractivity contribution is -0.138. The van der Waals surface area contributed by atoms with Crippen LogP contribution in [0.5, 0.6) is 0 Å². The van der Waals surface area contributed by atoms with E-state index >= 15 is 0 Å². The fraction of sp³-hybridized carbons (Fsp3) is 0.636. The number of methoxy groups -OCH3 is 1. The monoisotopic (exact) mass is 389 g/mol. The van der Waals surface area contributed by atoms with E-state index in [1.165, 1.54) is 7.11 Å². The second-order valence-corrected chi connectivity index (χ2v) is 7.92. The molecule has 1 aromatic carbocycles. The summed E-state index contributed by atoms with van der Waals surface area (Å²) in [6.45, 7) is 4.68. The van der Waals surface area contributed by atoms with Gasteiger partial charge in [-0.05, 0) is 49.9 Å². The van der Waals surface area contributed by atoms with Crippen molar-refractivity contribution in [3.05, 3.63) is 23.8 Å². The summed E-state index contributed by atoms with van der Waals surface area (Å²) in [6, 6.07) is 6.05. The molecule has 2 amide bonds. The molecule has 1 aliphatic rings. The quantitative estimate of drug-likeness (QED) is 0.700. The van der Waals surface area contributed by atoms with Crippen molar-refractivity contribution in [1.29, 1.82) is 0 Å². The van der Waals surface area contributed by atoms with Gasteiger partial charge in [-0.25, -0.2) is 0 Å². The summed E-state index contributed by atoms with van der Waals surface area (Å²) in [5, 5.41) is 3.08. The van der Waals surface area contributed by atoms with Crippen molar-refractivity contribution < 1.29 is 14.3 Å². The van der Waals surface area contributed by atoms with Gasteiger partial charge >= 0.3 is 0 Å². The molecule has 0 spiro atoms. The Morgan fingerprint density at radius 1 is 1.25 bits per heavy atom. The number of carbonyl (C=O) groups is 2. The number of carbonyl (C=O) groups excluding carboxylic acids is 2. The summed E-state index contributed by atoms with van der Waals surface area (Å²) < 4.78 is 5.07. The maximum absolute atomic E-state index is 12.6. The lowest BCUT2D eigenvalue weighted by atomic mass is 10.1. The predicted molar refractivity (Wildman–Crippen MR) is 114 cm³/mol. The zero-order valence-electron chi connectivity index (χ0n) is 18.0. The maximum atomic E-state index is 12.6. The van der Waals surface area contributed by atoms with Gasteiger partial charge in [0.05, 0.1) is 0 Å². The maximum Gasteiger partial charge on any atom is 0.249 e. The van der Waals surface area contributed by atoms with Gasteiger partial charge in [0.15, 0.2) is 0 Å². The number of hydrogen-bond donors (Lipinski definition) is 1. The highest BCUT2D eigenvalue weighted by Crippen LogP contribution is 2.28. The van der Waals surface area contributed by atoms with Crippen LogP contribution in [-0.4, -0.2) is 50.6 Å². The molecule has 6 nitrogen and oxygen atoms in total. The topological polar surface area (TPSA) is 61.9 Å². The standard InChI is InChI=1S/C22H35N3O3/c1-6-16(2)25(21(26)15-28-5)14-18-13-19(11-12-20(18)24(3)4)23-22(27)17-9-7-8-10-17/h11-13,16-17H,6-10,14-15H2,1-5H3,(H,23,27). The Morgan fingerprint density at radius 3 is 2.50 bits per heavy atom. The van der Waals surface area contributed by atoms with Crippen molar-refractivity contribution in [1.82, 2.24) is 4.90 Å². The fourth-order valence-electron chi connectivity index (χ4n) is 3.76. The van der Waals surface area contributed by atoms with Gasteiger partial charge in [0.25, 0.3) is 0 Å². The molecule has 1 aromatic rings. The van der Waals surface area contributed by atoms with E-state index < -0.39 is 0 Å². The molecule has 1 unspecified atom stereocenters. The molecule has 28 heavy (non-hydrogen) atoms. The minimum Gasteiger partial charge on any atom is -0.377 e. The molecule has 1 saturated carbocycles. The average Bonchev–Trinajstić information content (AvgIpc) is 3.20. The molecular formula is C22H35N3O3. The van der Waals surface area contributed by atoms with Crippen LogP contribution in [0.2, 0.25) is 0 Å². The van der Waals surface area contributed by atoms with E-state index in [2.05, 4.69) is 19.2 Å². The smallest absolute Gasteiger partial charge is 0.249 e. The molecule has 1 aliphatic carbocycles. The van der Waals surface area contributed by atoms with E-state index in [0.717, 1.165) is 49.0 Å². The van der Waals surface area contributed by atoms with Crippen LogP contribution in [0, 0.1) is 5.92 Å². The van der Waals surface area contributed by atoms with Crippen molar-refractivity contribution in [2.75, 3.05) is 38.0 Å². The minimum atomic E-state index is -0.0260. The molecule has 0 aromatic heterocycles. The highest BCUT2D eigenvalue weighted by atomic mass is 16.5. The predicted octanol–water partition coefficient (Wildman–Crippen LogP) is 3.65. The van der Waals surface area contributed by atoms with E-state index in [4.69, 9.17) is 4.74 Å². The number of rotatable bonds is 9. The van der Waals surface area contributed by atoms with Gasteiger partial charge < -0.3 is 19.9 Å². The van der Waals surface area contributed by atoms with Gasteiger partial charge in [0.1, 0.15) is 6.61 Å². The number of nitrogens with zero attached hydrogens (tertiary/aromatic N) is 2. The third-order valence-electron chi connectivity index (χ3n) is 5.61. The van der Waals surface area contributed by atoms with Crippen molar-refractivity contribution in [3.8, 4) is 0 Å². The van der Waals surface area contributed by atoms with E-state index in [1.54, 1.807) is 0 Å². The van der Waals surface area contributed by atoms with Gasteiger partial charge in [-0.3, -0.25) is 9.59 Å². The molecule has 0 heterocycles. The minimum absolute atomic E-state index is 0.0260. The normalized spacial score (nSPS) is 15.3. The molecule has 156 valence electrons. The Morgan fingerprint density at radius 2 is 1.93 bits per heavy atom. The van der Waals surface area contributed by atoms with E-state index in [0.29, 0.717) is 6.54 Å². The summed E-state index contributed by atoms with van der Waals surface area (Å²) >= 11 is 0. The Hall–Kier alpha value is -2.08. The first-order valence-corrected chi connectivity index (χ1v) is 10.3. The highest BCUT2D eigenvalue weighted by Gasteiger charge is 2.24. The molecule has 1 N–H and O–H groups in total. The average molecular weight is 390 g/mol. The molecule has 1 atom stereocenters. The first-order valence-electron chi connectivity index (χ1n) is 10.3. The molecule has 0 bridgehead atoms. The van der Waals surface area contributed by atoms with Crippen molar-refractivity contribution >= 4 is 23.2 Å². The lowest BCUT2D eigenvalue weighted by Crippen LogP contribution is -2.40. The SMILES string of the molecule is CCC(C)N(Cc1cc(NC(=O)C2CCCC2)ccc1N(C)C)C(=O)COC. The van der Waals surface area contributed by atoms with E-state index in [-0.39, 0.29) is 30.4 Å². The molecule has 2 rings (SSSR count). The van der Waals surface area contributed by atoms with E-state index in [1.807, 2.05) is 42.1 Å². The third kappa shape index (κ3) is 5.71.